The highest BCUT2D eigenvalue weighted by atomic mass is 32.2. The van der Waals surface area contributed by atoms with Crippen LogP contribution < -0.4 is 5.32 Å². The average Bonchev–Trinajstić information content (AvgIpc) is 3.01. The largest absolute Gasteiger partial charge is 0.302 e. The second-order valence-electron chi connectivity index (χ2n) is 6.95. The molecule has 28 heavy (non-hydrogen) atoms. The molecule has 0 aliphatic heterocycles. The normalized spacial score (nSPS) is 11.4. The first-order valence-corrected chi connectivity index (χ1v) is 11.5. The lowest BCUT2D eigenvalue weighted by molar-refractivity contribution is -0.115. The molecule has 1 heterocycles. The number of nitrogens with one attached hydrogen (secondary N) is 1. The van der Waals surface area contributed by atoms with Crippen molar-refractivity contribution in [2.45, 2.75) is 32.1 Å². The van der Waals surface area contributed by atoms with E-state index in [0.717, 1.165) is 34.2 Å². The van der Waals surface area contributed by atoms with Crippen LogP contribution in [0.15, 0.2) is 46.7 Å². The van der Waals surface area contributed by atoms with Gasteiger partial charge >= 0.3 is 0 Å². The summed E-state index contributed by atoms with van der Waals surface area (Å²) in [6.07, 6.45) is 1.31. The van der Waals surface area contributed by atoms with Crippen LogP contribution in [0, 0.1) is 20.8 Å². The molecule has 3 rings (SSSR count). The maximum absolute atomic E-state index is 12.3. The predicted octanol–water partition coefficient (Wildman–Crippen LogP) is 4.32. The van der Waals surface area contributed by atoms with Crippen molar-refractivity contribution in [3.05, 3.63) is 64.0 Å². The lowest BCUT2D eigenvalue weighted by atomic mass is 9.98. The van der Waals surface area contributed by atoms with Crippen LogP contribution in [0.1, 0.15) is 22.3 Å². The van der Waals surface area contributed by atoms with Gasteiger partial charge in [-0.25, -0.2) is 13.4 Å². The molecule has 0 aliphatic carbocycles. The van der Waals surface area contributed by atoms with Gasteiger partial charge in [0, 0.05) is 17.2 Å². The molecular formula is C21H22N2O3S2. The molecule has 0 unspecified atom stereocenters. The fraction of sp³-hybridized carbons (Fsp3) is 0.238. The van der Waals surface area contributed by atoms with E-state index >= 15 is 0 Å². The van der Waals surface area contributed by atoms with E-state index in [1.165, 1.54) is 29.0 Å². The second-order valence-corrected chi connectivity index (χ2v) is 9.83. The van der Waals surface area contributed by atoms with Gasteiger partial charge in [0.2, 0.25) is 5.91 Å². The van der Waals surface area contributed by atoms with Crippen molar-refractivity contribution in [1.29, 1.82) is 0 Å². The number of anilines is 1. The maximum Gasteiger partial charge on any atom is 0.230 e. The number of aromatic nitrogens is 1. The van der Waals surface area contributed by atoms with Gasteiger partial charge in [-0.3, -0.25) is 4.79 Å². The fourth-order valence-electron chi connectivity index (χ4n) is 3.23. The van der Waals surface area contributed by atoms with Crippen molar-refractivity contribution < 1.29 is 13.2 Å². The summed E-state index contributed by atoms with van der Waals surface area (Å²) in [7, 11) is -3.24. The van der Waals surface area contributed by atoms with Gasteiger partial charge in [0.05, 0.1) is 17.0 Å². The number of aryl methyl sites for hydroxylation is 3. The zero-order valence-electron chi connectivity index (χ0n) is 16.2. The summed E-state index contributed by atoms with van der Waals surface area (Å²) < 4.78 is 23.0. The number of sulfone groups is 1. The SMILES string of the molecule is Cc1cc(C)c(-c2csc(NC(=O)Cc3ccc(S(C)(=O)=O)cc3)n2)c(C)c1. The molecule has 0 spiro atoms. The number of thiazole rings is 1. The van der Waals surface area contributed by atoms with Gasteiger partial charge < -0.3 is 5.32 Å². The summed E-state index contributed by atoms with van der Waals surface area (Å²) >= 11 is 1.39. The molecule has 1 amide bonds. The lowest BCUT2D eigenvalue weighted by Gasteiger charge is -2.08. The Hall–Kier alpha value is -2.51. The van der Waals surface area contributed by atoms with Gasteiger partial charge in [0.25, 0.3) is 0 Å². The Morgan fingerprint density at radius 1 is 1.07 bits per heavy atom. The quantitative estimate of drug-likeness (QED) is 0.675. The average molecular weight is 415 g/mol. The van der Waals surface area contributed by atoms with Crippen LogP contribution in [-0.2, 0) is 21.1 Å². The van der Waals surface area contributed by atoms with Gasteiger partial charge in [-0.2, -0.15) is 0 Å². The summed E-state index contributed by atoms with van der Waals surface area (Å²) in [4.78, 5) is 17.1. The van der Waals surface area contributed by atoms with Gasteiger partial charge in [-0.1, -0.05) is 29.8 Å². The maximum atomic E-state index is 12.3. The van der Waals surface area contributed by atoms with Crippen molar-refractivity contribution in [2.24, 2.45) is 0 Å². The standard InChI is InChI=1S/C21H22N2O3S2/c1-13-9-14(2)20(15(3)10-13)18-12-27-21(22-18)23-19(24)11-16-5-7-17(8-6-16)28(4,25)26/h5-10,12H,11H2,1-4H3,(H,22,23,24). The van der Waals surface area contributed by atoms with Crippen LogP contribution in [0.2, 0.25) is 0 Å². The number of hydrogen-bond donors (Lipinski definition) is 1. The highest BCUT2D eigenvalue weighted by Gasteiger charge is 2.13. The molecule has 0 saturated heterocycles. The number of rotatable bonds is 5. The number of nitrogens with zero attached hydrogens (tertiary/aromatic N) is 1. The molecule has 1 aromatic heterocycles. The first kappa shape index (κ1) is 20.2. The van der Waals surface area contributed by atoms with Gasteiger partial charge in [-0.15, -0.1) is 11.3 Å². The van der Waals surface area contributed by atoms with E-state index in [-0.39, 0.29) is 17.2 Å². The minimum Gasteiger partial charge on any atom is -0.302 e. The third kappa shape index (κ3) is 4.66. The van der Waals surface area contributed by atoms with Crippen molar-refractivity contribution in [2.75, 3.05) is 11.6 Å². The van der Waals surface area contributed by atoms with Crippen LogP contribution in [0.4, 0.5) is 5.13 Å². The van der Waals surface area contributed by atoms with Gasteiger partial charge in [0.1, 0.15) is 0 Å². The highest BCUT2D eigenvalue weighted by Crippen LogP contribution is 2.31. The van der Waals surface area contributed by atoms with E-state index < -0.39 is 9.84 Å². The molecule has 0 radical (unpaired) electrons. The van der Waals surface area contributed by atoms with Gasteiger partial charge in [0.15, 0.2) is 15.0 Å². The Bertz CT molecular complexity index is 1110. The summed E-state index contributed by atoms with van der Waals surface area (Å²) in [5.74, 6) is -0.189. The van der Waals surface area contributed by atoms with Crippen molar-refractivity contribution in [1.82, 2.24) is 4.98 Å². The van der Waals surface area contributed by atoms with Crippen LogP contribution in [0.5, 0.6) is 0 Å². The summed E-state index contributed by atoms with van der Waals surface area (Å²) in [6, 6.07) is 10.6. The Morgan fingerprint density at radius 2 is 1.68 bits per heavy atom. The third-order valence-corrected chi connectivity index (χ3v) is 6.29. The summed E-state index contributed by atoms with van der Waals surface area (Å²) in [5, 5.41) is 5.32. The molecule has 146 valence electrons. The molecule has 2 aromatic carbocycles. The number of hydrogen-bond acceptors (Lipinski definition) is 5. The molecule has 0 saturated carbocycles. The molecule has 3 aromatic rings. The monoisotopic (exact) mass is 414 g/mol. The van der Waals surface area contributed by atoms with Crippen molar-refractivity contribution in [3.8, 4) is 11.3 Å². The molecule has 0 atom stereocenters. The van der Waals surface area contributed by atoms with E-state index in [1.807, 2.05) is 5.38 Å². The minimum atomic E-state index is -3.24. The van der Waals surface area contributed by atoms with Crippen LogP contribution in [0.25, 0.3) is 11.3 Å². The zero-order chi connectivity index (χ0) is 20.5. The van der Waals surface area contributed by atoms with Gasteiger partial charge in [-0.05, 0) is 49.6 Å². The molecule has 0 fully saturated rings. The van der Waals surface area contributed by atoms with E-state index in [1.54, 1.807) is 12.1 Å². The van der Waals surface area contributed by atoms with Crippen LogP contribution >= 0.6 is 11.3 Å². The summed E-state index contributed by atoms with van der Waals surface area (Å²) in [5.41, 5.74) is 6.22. The zero-order valence-corrected chi connectivity index (χ0v) is 17.9. The first-order chi connectivity index (χ1) is 13.1. The Kier molecular flexibility index (Phi) is 5.67. The smallest absolute Gasteiger partial charge is 0.230 e. The molecule has 0 aliphatic rings. The number of amides is 1. The molecule has 7 heteroatoms. The first-order valence-electron chi connectivity index (χ1n) is 8.76. The summed E-state index contributed by atoms with van der Waals surface area (Å²) in [6.45, 7) is 6.19. The highest BCUT2D eigenvalue weighted by molar-refractivity contribution is 7.90. The Balaban J connectivity index is 1.71. The van der Waals surface area contributed by atoms with Crippen LogP contribution in [0.3, 0.4) is 0 Å². The van der Waals surface area contributed by atoms with E-state index in [9.17, 15) is 13.2 Å². The Morgan fingerprint density at radius 3 is 2.25 bits per heavy atom. The van der Waals surface area contributed by atoms with Crippen molar-refractivity contribution >= 4 is 32.2 Å². The number of carbonyl (C=O) groups is 1. The van der Waals surface area contributed by atoms with E-state index in [4.69, 9.17) is 0 Å². The Labute approximate surface area is 169 Å². The third-order valence-electron chi connectivity index (χ3n) is 4.40. The topological polar surface area (TPSA) is 76.1 Å². The predicted molar refractivity (Wildman–Crippen MR) is 114 cm³/mol. The number of carbonyl (C=O) groups excluding carboxylic acids is 1. The van der Waals surface area contributed by atoms with E-state index in [0.29, 0.717) is 5.13 Å². The molecule has 5 nitrogen and oxygen atoms in total. The minimum absolute atomic E-state index is 0.154. The number of benzene rings is 2. The van der Waals surface area contributed by atoms with E-state index in [2.05, 4.69) is 43.2 Å². The molecule has 1 N–H and O–H groups in total. The molecule has 0 bridgehead atoms. The lowest BCUT2D eigenvalue weighted by Crippen LogP contribution is -2.14. The second kappa shape index (κ2) is 7.85. The fourth-order valence-corrected chi connectivity index (χ4v) is 4.58. The molecular weight excluding hydrogens is 392 g/mol. The van der Waals surface area contributed by atoms with Crippen molar-refractivity contribution in [3.63, 3.8) is 0 Å². The van der Waals surface area contributed by atoms with Crippen LogP contribution in [-0.4, -0.2) is 25.6 Å².